The number of nitrogens with one attached hydrogen (secondary N) is 1. The van der Waals surface area contributed by atoms with Crippen LogP contribution in [0.5, 0.6) is 0 Å². The Morgan fingerprint density at radius 1 is 1.24 bits per heavy atom. The van der Waals surface area contributed by atoms with Gasteiger partial charge in [-0.2, -0.15) is 0 Å². The largest absolute Gasteiger partial charge is 0.382 e. The number of rotatable bonds is 9. The number of hydrogen-bond donors (Lipinski definition) is 1. The molecule has 1 aromatic carbocycles. The van der Waals surface area contributed by atoms with Gasteiger partial charge >= 0.3 is 0 Å². The third-order valence-electron chi connectivity index (χ3n) is 4.65. The van der Waals surface area contributed by atoms with Crippen LogP contribution >= 0.6 is 0 Å². The molecule has 1 saturated heterocycles. The summed E-state index contributed by atoms with van der Waals surface area (Å²) < 4.78 is 5.26. The second kappa shape index (κ2) is 10.4. The molecule has 1 heterocycles. The number of carbonyl (C=O) groups excluding carboxylic acids is 1. The molecule has 0 radical (unpaired) electrons. The Labute approximate surface area is 152 Å². The van der Waals surface area contributed by atoms with Crippen LogP contribution in [0.4, 0.5) is 11.4 Å². The molecule has 5 heteroatoms. The molecule has 1 N–H and O–H groups in total. The molecule has 1 fully saturated rings. The van der Waals surface area contributed by atoms with Crippen molar-refractivity contribution in [1.29, 1.82) is 0 Å². The quantitative estimate of drug-likeness (QED) is 0.697. The number of carbonyl (C=O) groups is 1. The van der Waals surface area contributed by atoms with Crippen LogP contribution in [0.1, 0.15) is 32.6 Å². The minimum atomic E-state index is 0.0527. The van der Waals surface area contributed by atoms with Crippen molar-refractivity contribution in [3.05, 3.63) is 24.3 Å². The zero-order chi connectivity index (χ0) is 18.1. The maximum Gasteiger partial charge on any atom is 0.224 e. The summed E-state index contributed by atoms with van der Waals surface area (Å²) >= 11 is 0. The van der Waals surface area contributed by atoms with Gasteiger partial charge in [-0.05, 0) is 70.5 Å². The van der Waals surface area contributed by atoms with E-state index < -0.39 is 0 Å². The normalized spacial score (nSPS) is 15.6. The number of piperidine rings is 1. The molecule has 1 aliphatic rings. The number of anilines is 2. The average Bonchev–Trinajstić information content (AvgIpc) is 2.60. The predicted molar refractivity (Wildman–Crippen MR) is 104 cm³/mol. The first-order valence-electron chi connectivity index (χ1n) is 9.45. The van der Waals surface area contributed by atoms with Crippen molar-refractivity contribution in [2.24, 2.45) is 5.92 Å². The van der Waals surface area contributed by atoms with Crippen LogP contribution in [0.25, 0.3) is 0 Å². The highest BCUT2D eigenvalue weighted by molar-refractivity contribution is 5.90. The SMILES string of the molecule is CCOCCCC(=O)Nc1ccc(N2CCC(CN(C)C)CC2)cc1. The van der Waals surface area contributed by atoms with Crippen LogP contribution in [0.2, 0.25) is 0 Å². The lowest BCUT2D eigenvalue weighted by Gasteiger charge is -2.34. The number of hydrogen-bond acceptors (Lipinski definition) is 4. The highest BCUT2D eigenvalue weighted by Gasteiger charge is 2.19. The van der Waals surface area contributed by atoms with E-state index >= 15 is 0 Å². The van der Waals surface area contributed by atoms with Gasteiger partial charge in [0.1, 0.15) is 0 Å². The smallest absolute Gasteiger partial charge is 0.224 e. The van der Waals surface area contributed by atoms with E-state index in [-0.39, 0.29) is 5.91 Å². The molecule has 0 spiro atoms. The summed E-state index contributed by atoms with van der Waals surface area (Å²) in [5.41, 5.74) is 2.12. The van der Waals surface area contributed by atoms with Crippen molar-refractivity contribution in [2.45, 2.75) is 32.6 Å². The van der Waals surface area contributed by atoms with Crippen molar-refractivity contribution in [1.82, 2.24) is 4.90 Å². The summed E-state index contributed by atoms with van der Waals surface area (Å²) in [4.78, 5) is 16.6. The molecule has 140 valence electrons. The summed E-state index contributed by atoms with van der Waals surface area (Å²) in [5, 5.41) is 2.96. The van der Waals surface area contributed by atoms with Gasteiger partial charge in [0.2, 0.25) is 5.91 Å². The van der Waals surface area contributed by atoms with E-state index in [1.54, 1.807) is 0 Å². The van der Waals surface area contributed by atoms with Crippen LogP contribution in [0.3, 0.4) is 0 Å². The van der Waals surface area contributed by atoms with Crippen LogP contribution in [-0.4, -0.2) is 57.8 Å². The van der Waals surface area contributed by atoms with Crippen molar-refractivity contribution < 1.29 is 9.53 Å². The summed E-state index contributed by atoms with van der Waals surface area (Å²) in [5.74, 6) is 0.860. The third kappa shape index (κ3) is 7.04. The minimum Gasteiger partial charge on any atom is -0.382 e. The van der Waals surface area contributed by atoms with Crippen molar-refractivity contribution in [3.63, 3.8) is 0 Å². The summed E-state index contributed by atoms with van der Waals surface area (Å²) in [6.45, 7) is 6.72. The predicted octanol–water partition coefficient (Wildman–Crippen LogP) is 3.22. The van der Waals surface area contributed by atoms with Crippen molar-refractivity contribution in [3.8, 4) is 0 Å². The van der Waals surface area contributed by atoms with E-state index in [0.717, 1.165) is 31.1 Å². The molecule has 0 bridgehead atoms. The Bertz CT molecular complexity index is 508. The van der Waals surface area contributed by atoms with Crippen LogP contribution < -0.4 is 10.2 Å². The van der Waals surface area contributed by atoms with Gasteiger partial charge in [-0.25, -0.2) is 0 Å². The lowest BCUT2D eigenvalue weighted by atomic mass is 9.96. The fourth-order valence-corrected chi connectivity index (χ4v) is 3.35. The molecular weight excluding hydrogens is 314 g/mol. The molecule has 2 rings (SSSR count). The maximum absolute atomic E-state index is 11.9. The van der Waals surface area contributed by atoms with E-state index in [0.29, 0.717) is 19.6 Å². The number of benzene rings is 1. The first-order chi connectivity index (χ1) is 12.1. The van der Waals surface area contributed by atoms with Gasteiger partial charge in [-0.1, -0.05) is 0 Å². The van der Waals surface area contributed by atoms with E-state index in [9.17, 15) is 4.79 Å². The summed E-state index contributed by atoms with van der Waals surface area (Å²) in [6.07, 6.45) is 3.76. The van der Waals surface area contributed by atoms with E-state index in [1.807, 2.05) is 19.1 Å². The molecule has 0 unspecified atom stereocenters. The maximum atomic E-state index is 11.9. The minimum absolute atomic E-state index is 0.0527. The molecule has 1 aromatic rings. The highest BCUT2D eigenvalue weighted by Crippen LogP contribution is 2.25. The Morgan fingerprint density at radius 2 is 1.92 bits per heavy atom. The molecular formula is C20H33N3O2. The topological polar surface area (TPSA) is 44.8 Å². The highest BCUT2D eigenvalue weighted by atomic mass is 16.5. The molecule has 1 aliphatic heterocycles. The Kier molecular flexibility index (Phi) is 8.22. The average molecular weight is 348 g/mol. The number of amides is 1. The lowest BCUT2D eigenvalue weighted by Crippen LogP contribution is -2.37. The van der Waals surface area contributed by atoms with Gasteiger partial charge in [0.15, 0.2) is 0 Å². The fraction of sp³-hybridized carbons (Fsp3) is 0.650. The van der Waals surface area contributed by atoms with Gasteiger partial charge in [0, 0.05) is 50.6 Å². The van der Waals surface area contributed by atoms with Crippen molar-refractivity contribution in [2.75, 3.05) is 57.2 Å². The van der Waals surface area contributed by atoms with Gasteiger partial charge in [0.25, 0.3) is 0 Å². The van der Waals surface area contributed by atoms with E-state index in [4.69, 9.17) is 4.74 Å². The molecule has 0 aromatic heterocycles. The number of nitrogens with zero attached hydrogens (tertiary/aromatic N) is 2. The molecule has 5 nitrogen and oxygen atoms in total. The van der Waals surface area contributed by atoms with Gasteiger partial charge in [-0.3, -0.25) is 4.79 Å². The second-order valence-electron chi connectivity index (χ2n) is 7.09. The second-order valence-corrected chi connectivity index (χ2v) is 7.09. The van der Waals surface area contributed by atoms with Crippen LogP contribution in [-0.2, 0) is 9.53 Å². The molecule has 0 atom stereocenters. The zero-order valence-electron chi connectivity index (χ0n) is 16.0. The Balaban J connectivity index is 1.75. The Hall–Kier alpha value is -1.59. The Morgan fingerprint density at radius 3 is 2.52 bits per heavy atom. The first-order valence-corrected chi connectivity index (χ1v) is 9.45. The van der Waals surface area contributed by atoms with E-state index in [1.165, 1.54) is 25.1 Å². The van der Waals surface area contributed by atoms with Gasteiger partial charge in [0.05, 0.1) is 0 Å². The van der Waals surface area contributed by atoms with Crippen LogP contribution in [0.15, 0.2) is 24.3 Å². The third-order valence-corrected chi connectivity index (χ3v) is 4.65. The lowest BCUT2D eigenvalue weighted by molar-refractivity contribution is -0.116. The molecule has 1 amide bonds. The first kappa shape index (κ1) is 19.7. The standard InChI is InChI=1S/C20H33N3O2/c1-4-25-15-5-6-20(24)21-18-7-9-19(10-8-18)23-13-11-17(12-14-23)16-22(2)3/h7-10,17H,4-6,11-16H2,1-3H3,(H,21,24). The van der Waals surface area contributed by atoms with Gasteiger partial charge in [-0.15, -0.1) is 0 Å². The van der Waals surface area contributed by atoms with Gasteiger partial charge < -0.3 is 19.9 Å². The summed E-state index contributed by atoms with van der Waals surface area (Å²) in [7, 11) is 4.30. The molecule has 0 saturated carbocycles. The monoisotopic (exact) mass is 347 g/mol. The fourth-order valence-electron chi connectivity index (χ4n) is 3.35. The van der Waals surface area contributed by atoms with E-state index in [2.05, 4.69) is 41.3 Å². The molecule has 0 aliphatic carbocycles. The summed E-state index contributed by atoms with van der Waals surface area (Å²) in [6, 6.07) is 8.23. The zero-order valence-corrected chi connectivity index (χ0v) is 16.0. The molecule has 25 heavy (non-hydrogen) atoms. The van der Waals surface area contributed by atoms with Crippen molar-refractivity contribution >= 4 is 17.3 Å². The van der Waals surface area contributed by atoms with Crippen LogP contribution in [0, 0.1) is 5.92 Å². The number of ether oxygens (including phenoxy) is 1.